The molecule has 0 radical (unpaired) electrons. The molecular formula is C14H20ClN3O3. The summed E-state index contributed by atoms with van der Waals surface area (Å²) in [5, 5.41) is 15.0. The molecule has 7 heteroatoms. The van der Waals surface area contributed by atoms with E-state index in [1.165, 1.54) is 12.1 Å². The fourth-order valence-electron chi connectivity index (χ4n) is 1.76. The lowest BCUT2D eigenvalue weighted by atomic mass is 10.1. The average molecular weight is 314 g/mol. The maximum absolute atomic E-state index is 11.7. The van der Waals surface area contributed by atoms with Gasteiger partial charge in [0.1, 0.15) is 0 Å². The van der Waals surface area contributed by atoms with Crippen LogP contribution in [0.2, 0.25) is 5.02 Å². The first-order valence-electron chi connectivity index (χ1n) is 6.47. The molecule has 0 aromatic heterocycles. The number of carbonyl (C=O) groups is 2. The minimum absolute atomic E-state index is 0.0174. The van der Waals surface area contributed by atoms with E-state index in [2.05, 4.69) is 10.6 Å². The SMILES string of the molecule is CC(C)(C)NC(=O)CCNc1c(Cl)cc(N)cc1C(=O)O. The third-order valence-corrected chi connectivity index (χ3v) is 2.81. The molecule has 6 nitrogen and oxygen atoms in total. The van der Waals surface area contributed by atoms with E-state index in [1.54, 1.807) is 0 Å². The molecule has 0 unspecified atom stereocenters. The van der Waals surface area contributed by atoms with Crippen LogP contribution in [0.4, 0.5) is 11.4 Å². The minimum atomic E-state index is -1.13. The summed E-state index contributed by atoms with van der Waals surface area (Å²) in [4.78, 5) is 22.9. The smallest absolute Gasteiger partial charge is 0.337 e. The van der Waals surface area contributed by atoms with Crippen molar-refractivity contribution < 1.29 is 14.7 Å². The number of halogens is 1. The molecule has 116 valence electrons. The van der Waals surface area contributed by atoms with Crippen molar-refractivity contribution >= 4 is 34.9 Å². The number of amides is 1. The maximum atomic E-state index is 11.7. The number of hydrogen-bond donors (Lipinski definition) is 4. The molecule has 0 fully saturated rings. The Balaban J connectivity index is 2.72. The lowest BCUT2D eigenvalue weighted by Gasteiger charge is -2.20. The van der Waals surface area contributed by atoms with Crippen LogP contribution in [-0.2, 0) is 4.79 Å². The molecule has 1 aromatic carbocycles. The van der Waals surface area contributed by atoms with Gasteiger partial charge < -0.3 is 21.5 Å². The monoisotopic (exact) mass is 313 g/mol. The van der Waals surface area contributed by atoms with Crippen molar-refractivity contribution in [3.63, 3.8) is 0 Å². The Labute approximate surface area is 128 Å². The predicted molar refractivity (Wildman–Crippen MR) is 83.8 cm³/mol. The largest absolute Gasteiger partial charge is 0.478 e. The third kappa shape index (κ3) is 5.51. The van der Waals surface area contributed by atoms with Gasteiger partial charge in [-0.05, 0) is 32.9 Å². The molecule has 0 aliphatic rings. The van der Waals surface area contributed by atoms with Crippen molar-refractivity contribution in [3.05, 3.63) is 22.7 Å². The summed E-state index contributed by atoms with van der Waals surface area (Å²) in [6.07, 6.45) is 0.205. The van der Waals surface area contributed by atoms with Gasteiger partial charge in [-0.2, -0.15) is 0 Å². The van der Waals surface area contributed by atoms with Crippen LogP contribution in [0, 0.1) is 0 Å². The van der Waals surface area contributed by atoms with E-state index < -0.39 is 5.97 Å². The molecule has 0 saturated heterocycles. The number of nitrogen functional groups attached to an aromatic ring is 1. The van der Waals surface area contributed by atoms with E-state index in [9.17, 15) is 9.59 Å². The second kappa shape index (κ2) is 6.67. The molecule has 0 spiro atoms. The van der Waals surface area contributed by atoms with E-state index in [-0.39, 0.29) is 46.4 Å². The van der Waals surface area contributed by atoms with Gasteiger partial charge in [0.05, 0.1) is 16.3 Å². The zero-order valence-corrected chi connectivity index (χ0v) is 13.0. The van der Waals surface area contributed by atoms with E-state index in [0.29, 0.717) is 0 Å². The van der Waals surface area contributed by atoms with Crippen molar-refractivity contribution in [2.75, 3.05) is 17.6 Å². The lowest BCUT2D eigenvalue weighted by Crippen LogP contribution is -2.41. The Bertz CT molecular complexity index is 553. The van der Waals surface area contributed by atoms with Gasteiger partial charge in [0.25, 0.3) is 0 Å². The lowest BCUT2D eigenvalue weighted by molar-refractivity contribution is -0.122. The van der Waals surface area contributed by atoms with Gasteiger partial charge in [0, 0.05) is 24.2 Å². The normalized spacial score (nSPS) is 11.0. The Morgan fingerprint density at radius 2 is 1.95 bits per heavy atom. The van der Waals surface area contributed by atoms with Gasteiger partial charge in [-0.3, -0.25) is 4.79 Å². The Hall–Kier alpha value is -1.95. The molecule has 1 rings (SSSR count). The van der Waals surface area contributed by atoms with E-state index in [4.69, 9.17) is 22.4 Å². The van der Waals surface area contributed by atoms with Crippen molar-refractivity contribution in [1.29, 1.82) is 0 Å². The van der Waals surface area contributed by atoms with Gasteiger partial charge in [0.2, 0.25) is 5.91 Å². The van der Waals surface area contributed by atoms with Crippen LogP contribution in [0.1, 0.15) is 37.6 Å². The van der Waals surface area contributed by atoms with Crippen LogP contribution in [0.15, 0.2) is 12.1 Å². The van der Waals surface area contributed by atoms with Crippen molar-refractivity contribution in [3.8, 4) is 0 Å². The number of aromatic carboxylic acids is 1. The number of rotatable bonds is 5. The third-order valence-electron chi connectivity index (χ3n) is 2.51. The summed E-state index contributed by atoms with van der Waals surface area (Å²) < 4.78 is 0. The van der Waals surface area contributed by atoms with Gasteiger partial charge >= 0.3 is 5.97 Å². The van der Waals surface area contributed by atoms with Crippen LogP contribution < -0.4 is 16.4 Å². The number of carboxylic acids is 1. The van der Waals surface area contributed by atoms with Crippen LogP contribution in [0.3, 0.4) is 0 Å². The topological polar surface area (TPSA) is 104 Å². The summed E-state index contributed by atoms with van der Waals surface area (Å²) in [5.41, 5.74) is 5.79. The highest BCUT2D eigenvalue weighted by Crippen LogP contribution is 2.29. The summed E-state index contributed by atoms with van der Waals surface area (Å²) >= 11 is 5.99. The fourth-order valence-corrected chi connectivity index (χ4v) is 2.05. The highest BCUT2D eigenvalue weighted by Gasteiger charge is 2.16. The molecule has 1 amide bonds. The van der Waals surface area contributed by atoms with Gasteiger partial charge in [-0.1, -0.05) is 11.6 Å². The van der Waals surface area contributed by atoms with Crippen LogP contribution >= 0.6 is 11.6 Å². The second-order valence-corrected chi connectivity index (χ2v) is 6.11. The number of nitrogens with two attached hydrogens (primary N) is 1. The zero-order chi connectivity index (χ0) is 16.2. The average Bonchev–Trinajstić information content (AvgIpc) is 2.28. The summed E-state index contributed by atoms with van der Waals surface area (Å²) in [6, 6.07) is 2.79. The summed E-state index contributed by atoms with van der Waals surface area (Å²) in [6.45, 7) is 5.93. The van der Waals surface area contributed by atoms with Crippen LogP contribution in [0.5, 0.6) is 0 Å². The van der Waals surface area contributed by atoms with Crippen molar-refractivity contribution in [2.24, 2.45) is 0 Å². The first-order valence-corrected chi connectivity index (χ1v) is 6.85. The van der Waals surface area contributed by atoms with Gasteiger partial charge in [-0.25, -0.2) is 4.79 Å². The summed E-state index contributed by atoms with van der Waals surface area (Å²) in [5.74, 6) is -1.26. The Morgan fingerprint density at radius 1 is 1.33 bits per heavy atom. The number of hydrogen-bond acceptors (Lipinski definition) is 4. The fraction of sp³-hybridized carbons (Fsp3) is 0.429. The molecule has 21 heavy (non-hydrogen) atoms. The molecule has 0 bridgehead atoms. The zero-order valence-electron chi connectivity index (χ0n) is 12.3. The predicted octanol–water partition coefficient (Wildman–Crippen LogP) is 2.34. The highest BCUT2D eigenvalue weighted by atomic mass is 35.5. The first-order chi connectivity index (χ1) is 9.60. The Morgan fingerprint density at radius 3 is 2.48 bits per heavy atom. The molecule has 0 aliphatic heterocycles. The maximum Gasteiger partial charge on any atom is 0.337 e. The molecule has 0 heterocycles. The van der Waals surface area contributed by atoms with Gasteiger partial charge in [0.15, 0.2) is 0 Å². The molecular weight excluding hydrogens is 294 g/mol. The van der Waals surface area contributed by atoms with Crippen molar-refractivity contribution in [1.82, 2.24) is 5.32 Å². The van der Waals surface area contributed by atoms with Gasteiger partial charge in [-0.15, -0.1) is 0 Å². The van der Waals surface area contributed by atoms with E-state index in [0.717, 1.165) is 0 Å². The van der Waals surface area contributed by atoms with E-state index in [1.807, 2.05) is 20.8 Å². The number of anilines is 2. The standard InChI is InChI=1S/C14H20ClN3O3/c1-14(2,3)18-11(19)4-5-17-12-9(13(20)21)6-8(16)7-10(12)15/h6-7,17H,4-5,16H2,1-3H3,(H,18,19)(H,20,21). The second-order valence-electron chi connectivity index (χ2n) is 5.71. The minimum Gasteiger partial charge on any atom is -0.478 e. The van der Waals surface area contributed by atoms with Crippen LogP contribution in [-0.4, -0.2) is 29.1 Å². The quantitative estimate of drug-likeness (QED) is 0.625. The number of benzene rings is 1. The van der Waals surface area contributed by atoms with Crippen LogP contribution in [0.25, 0.3) is 0 Å². The molecule has 0 aliphatic carbocycles. The molecule has 0 saturated carbocycles. The van der Waals surface area contributed by atoms with Crippen molar-refractivity contribution in [2.45, 2.75) is 32.7 Å². The highest BCUT2D eigenvalue weighted by molar-refractivity contribution is 6.34. The number of carboxylic acid groups (broad SMARTS) is 1. The molecule has 5 N–H and O–H groups in total. The Kier molecular flexibility index (Phi) is 5.43. The number of nitrogens with one attached hydrogen (secondary N) is 2. The molecule has 0 atom stereocenters. The van der Waals surface area contributed by atoms with E-state index >= 15 is 0 Å². The summed E-state index contributed by atoms with van der Waals surface area (Å²) in [7, 11) is 0. The molecule has 1 aromatic rings. The number of carbonyl (C=O) groups excluding carboxylic acids is 1. The first kappa shape index (κ1) is 17.1.